The van der Waals surface area contributed by atoms with E-state index in [4.69, 9.17) is 10.5 Å². The van der Waals surface area contributed by atoms with Gasteiger partial charge in [-0.15, -0.1) is 5.10 Å². The van der Waals surface area contributed by atoms with Crippen molar-refractivity contribution in [1.82, 2.24) is 24.7 Å². The van der Waals surface area contributed by atoms with Crippen molar-refractivity contribution in [2.45, 2.75) is 31.5 Å². The number of aromatic amines is 2. The van der Waals surface area contributed by atoms with Crippen molar-refractivity contribution >= 4 is 29.2 Å². The molecule has 11 nitrogen and oxygen atoms in total. The van der Waals surface area contributed by atoms with Gasteiger partial charge >= 0.3 is 5.69 Å². The topological polar surface area (TPSA) is 152 Å². The molecule has 1 amide bonds. The first kappa shape index (κ1) is 24.3. The van der Waals surface area contributed by atoms with Crippen molar-refractivity contribution in [2.75, 3.05) is 36.6 Å². The summed E-state index contributed by atoms with van der Waals surface area (Å²) in [6.07, 6.45) is 1.17. The molecule has 2 heterocycles. The molecule has 1 aromatic carbocycles. The summed E-state index contributed by atoms with van der Waals surface area (Å²) < 4.78 is 6.34. The van der Waals surface area contributed by atoms with Gasteiger partial charge in [-0.3, -0.25) is 24.2 Å². The quantitative estimate of drug-likeness (QED) is 0.276. The highest BCUT2D eigenvalue weighted by atomic mass is 32.2. The summed E-state index contributed by atoms with van der Waals surface area (Å²) in [4.78, 5) is 46.3. The highest BCUT2D eigenvalue weighted by Crippen LogP contribution is 2.21. The number of carbonyl (C=O) groups excluding carboxylic acids is 1. The predicted molar refractivity (Wildman–Crippen MR) is 127 cm³/mol. The summed E-state index contributed by atoms with van der Waals surface area (Å²) in [5.74, 6) is 0.274. The minimum atomic E-state index is -0.719. The fourth-order valence-electron chi connectivity index (χ4n) is 3.19. The molecule has 0 spiro atoms. The van der Waals surface area contributed by atoms with E-state index in [1.54, 1.807) is 7.11 Å². The number of H-pyrrole nitrogens is 2. The van der Waals surface area contributed by atoms with Crippen LogP contribution in [0.15, 0.2) is 45.1 Å². The molecule has 0 bridgehead atoms. The zero-order valence-corrected chi connectivity index (χ0v) is 19.4. The van der Waals surface area contributed by atoms with E-state index in [2.05, 4.69) is 20.2 Å². The summed E-state index contributed by atoms with van der Waals surface area (Å²) in [6.45, 7) is 2.68. The molecule has 0 saturated carbocycles. The van der Waals surface area contributed by atoms with Crippen molar-refractivity contribution in [3.8, 4) is 0 Å². The Hall–Kier alpha value is -3.38. The third-order valence-corrected chi connectivity index (χ3v) is 5.70. The Morgan fingerprint density at radius 1 is 1.27 bits per heavy atom. The van der Waals surface area contributed by atoms with E-state index in [0.29, 0.717) is 24.6 Å². The van der Waals surface area contributed by atoms with Gasteiger partial charge in [0.25, 0.3) is 5.56 Å². The lowest BCUT2D eigenvalue weighted by atomic mass is 10.2. The predicted octanol–water partition coefficient (Wildman–Crippen LogP) is 1.01. The van der Waals surface area contributed by atoms with Gasteiger partial charge in [0.2, 0.25) is 11.1 Å². The zero-order chi connectivity index (χ0) is 23.8. The van der Waals surface area contributed by atoms with Gasteiger partial charge in [0, 0.05) is 26.7 Å². The molecule has 0 saturated heterocycles. The summed E-state index contributed by atoms with van der Waals surface area (Å²) >= 11 is 1.15. The van der Waals surface area contributed by atoms with Crippen molar-refractivity contribution in [3.05, 3.63) is 62.6 Å². The maximum atomic E-state index is 13.1. The summed E-state index contributed by atoms with van der Waals surface area (Å²) in [6, 6.07) is 9.23. The van der Waals surface area contributed by atoms with Crippen molar-refractivity contribution < 1.29 is 9.53 Å². The Labute approximate surface area is 194 Å². The number of hydrogen-bond donors (Lipinski definition) is 3. The van der Waals surface area contributed by atoms with Crippen molar-refractivity contribution in [2.24, 2.45) is 0 Å². The number of anilines is 2. The minimum absolute atomic E-state index is 0.00924. The second-order valence-corrected chi connectivity index (χ2v) is 8.11. The SMILES string of the molecule is CCc1nc(SCC(=O)N(CCCOC)c2c(N)n(Cc3ccccc3)c(=O)[nH]c2=O)n[nH]1. The van der Waals surface area contributed by atoms with E-state index >= 15 is 0 Å². The zero-order valence-electron chi connectivity index (χ0n) is 18.5. The van der Waals surface area contributed by atoms with E-state index in [1.165, 1.54) is 9.47 Å². The number of benzene rings is 1. The fraction of sp³-hybridized carbons (Fsp3) is 0.381. The van der Waals surface area contributed by atoms with Crippen LogP contribution in [0.2, 0.25) is 0 Å². The van der Waals surface area contributed by atoms with Crippen LogP contribution in [-0.2, 0) is 22.5 Å². The maximum Gasteiger partial charge on any atom is 0.330 e. The third kappa shape index (κ3) is 6.11. The number of rotatable bonds is 11. The number of amides is 1. The first-order valence-corrected chi connectivity index (χ1v) is 11.4. The van der Waals surface area contributed by atoms with Crippen molar-refractivity contribution in [1.29, 1.82) is 0 Å². The highest BCUT2D eigenvalue weighted by molar-refractivity contribution is 7.99. The molecule has 0 radical (unpaired) electrons. The van der Waals surface area contributed by atoms with Crippen LogP contribution in [0.25, 0.3) is 0 Å². The molecule has 4 N–H and O–H groups in total. The average Bonchev–Trinajstić information content (AvgIpc) is 3.28. The largest absolute Gasteiger partial charge is 0.385 e. The minimum Gasteiger partial charge on any atom is -0.385 e. The van der Waals surface area contributed by atoms with Gasteiger partial charge in [-0.2, -0.15) is 0 Å². The number of aromatic nitrogens is 5. The monoisotopic (exact) mass is 473 g/mol. The smallest absolute Gasteiger partial charge is 0.330 e. The molecule has 0 unspecified atom stereocenters. The number of nitrogen functional groups attached to an aromatic ring is 1. The number of thioether (sulfide) groups is 1. The Balaban J connectivity index is 1.91. The molecule has 0 aliphatic rings. The van der Waals surface area contributed by atoms with Gasteiger partial charge in [-0.25, -0.2) is 9.78 Å². The number of aryl methyl sites for hydroxylation is 1. The van der Waals surface area contributed by atoms with Gasteiger partial charge in [0.1, 0.15) is 11.6 Å². The first-order chi connectivity index (χ1) is 15.9. The summed E-state index contributed by atoms with van der Waals surface area (Å²) in [5.41, 5.74) is 5.69. The van der Waals surface area contributed by atoms with Crippen molar-refractivity contribution in [3.63, 3.8) is 0 Å². The van der Waals surface area contributed by atoms with Gasteiger partial charge in [0.15, 0.2) is 5.69 Å². The van der Waals surface area contributed by atoms with Crippen LogP contribution in [0.4, 0.5) is 11.5 Å². The summed E-state index contributed by atoms with van der Waals surface area (Å²) in [5, 5.41) is 7.31. The van der Waals surface area contributed by atoms with Crippen LogP contribution in [-0.4, -0.2) is 56.7 Å². The van der Waals surface area contributed by atoms with E-state index in [1.807, 2.05) is 37.3 Å². The van der Waals surface area contributed by atoms with E-state index in [9.17, 15) is 14.4 Å². The number of nitrogens with two attached hydrogens (primary N) is 1. The van der Waals surface area contributed by atoms with Gasteiger partial charge in [0.05, 0.1) is 12.3 Å². The number of hydrogen-bond acceptors (Lipinski definition) is 8. The Morgan fingerprint density at radius 3 is 2.70 bits per heavy atom. The summed E-state index contributed by atoms with van der Waals surface area (Å²) in [7, 11) is 1.55. The molecule has 12 heteroatoms. The molecular weight excluding hydrogens is 446 g/mol. The molecule has 3 rings (SSSR count). The van der Waals surface area contributed by atoms with Crippen LogP contribution in [0, 0.1) is 0 Å². The van der Waals surface area contributed by atoms with E-state index < -0.39 is 11.2 Å². The number of carbonyl (C=O) groups is 1. The normalized spacial score (nSPS) is 11.0. The molecule has 176 valence electrons. The molecule has 0 fully saturated rings. The molecule has 0 aliphatic carbocycles. The third-order valence-electron chi connectivity index (χ3n) is 4.87. The maximum absolute atomic E-state index is 13.1. The lowest BCUT2D eigenvalue weighted by Crippen LogP contribution is -2.42. The molecular formula is C21H27N7O4S. The molecule has 2 aromatic heterocycles. The second kappa shape index (κ2) is 11.5. The highest BCUT2D eigenvalue weighted by Gasteiger charge is 2.24. The van der Waals surface area contributed by atoms with Gasteiger partial charge in [-0.1, -0.05) is 49.0 Å². The van der Waals surface area contributed by atoms with Crippen LogP contribution in [0.5, 0.6) is 0 Å². The molecule has 33 heavy (non-hydrogen) atoms. The van der Waals surface area contributed by atoms with Gasteiger partial charge < -0.3 is 15.4 Å². The lowest BCUT2D eigenvalue weighted by Gasteiger charge is -2.24. The molecule has 0 atom stereocenters. The Kier molecular flexibility index (Phi) is 8.44. The number of ether oxygens (including phenoxy) is 1. The Bertz CT molecular complexity index is 1190. The standard InChI is InChI=1S/C21H27N7O4S/c1-3-15-23-20(26-25-15)33-13-16(29)27(10-7-11-32-2)17-18(22)28(21(31)24-19(17)30)12-14-8-5-4-6-9-14/h4-6,8-9H,3,7,10-13,22H2,1-2H3,(H,23,25,26)(H,24,30,31). The Morgan fingerprint density at radius 2 is 2.03 bits per heavy atom. The van der Waals surface area contributed by atoms with Gasteiger partial charge in [-0.05, 0) is 12.0 Å². The lowest BCUT2D eigenvalue weighted by molar-refractivity contribution is -0.116. The van der Waals surface area contributed by atoms with E-state index in [-0.39, 0.29) is 36.3 Å². The van der Waals surface area contributed by atoms with E-state index in [0.717, 1.165) is 23.1 Å². The molecule has 0 aliphatic heterocycles. The number of nitrogens with zero attached hydrogens (tertiary/aromatic N) is 4. The second-order valence-electron chi connectivity index (χ2n) is 7.16. The fourth-order valence-corrected chi connectivity index (χ4v) is 3.89. The van der Waals surface area contributed by atoms with Crippen LogP contribution in [0.1, 0.15) is 24.7 Å². The number of methoxy groups -OCH3 is 1. The number of nitrogens with one attached hydrogen (secondary N) is 2. The first-order valence-electron chi connectivity index (χ1n) is 10.4. The average molecular weight is 474 g/mol. The van der Waals surface area contributed by atoms with Crippen LogP contribution < -0.4 is 21.9 Å². The molecule has 3 aromatic rings. The van der Waals surface area contributed by atoms with Crippen LogP contribution >= 0.6 is 11.8 Å². The van der Waals surface area contributed by atoms with Crippen LogP contribution in [0.3, 0.4) is 0 Å².